The van der Waals surface area contributed by atoms with E-state index in [2.05, 4.69) is 25.5 Å². The molecule has 9 heteroatoms. The van der Waals surface area contributed by atoms with Crippen LogP contribution in [0.15, 0.2) is 36.7 Å². The lowest BCUT2D eigenvalue weighted by atomic mass is 10.0. The highest BCUT2D eigenvalue weighted by Crippen LogP contribution is 2.26. The van der Waals surface area contributed by atoms with Crippen LogP contribution < -0.4 is 16.0 Å². The largest absolute Gasteiger partial charge is 0.374 e. The van der Waals surface area contributed by atoms with Crippen molar-refractivity contribution < 1.29 is 4.79 Å². The van der Waals surface area contributed by atoms with Crippen molar-refractivity contribution in [3.05, 3.63) is 47.2 Å². The third-order valence-corrected chi connectivity index (χ3v) is 5.01. The molecule has 140 valence electrons. The average molecular weight is 383 g/mol. The van der Waals surface area contributed by atoms with Crippen molar-refractivity contribution in [1.82, 2.24) is 25.5 Å². The molecule has 0 saturated carbocycles. The average Bonchev–Trinajstić information content (AvgIpc) is 3.09. The number of carbonyl (C=O) groups excluding carboxylic acids is 1. The Bertz CT molecular complexity index is 968. The number of nitrogens with two attached hydrogens (primary N) is 1. The quantitative estimate of drug-likeness (QED) is 0.695. The number of benzene rings is 1. The Morgan fingerprint density at radius 3 is 2.63 bits per heavy atom. The lowest BCUT2D eigenvalue weighted by Gasteiger charge is -2.23. The minimum atomic E-state index is -0.685. The molecule has 0 atom stereocenters. The van der Waals surface area contributed by atoms with E-state index in [1.165, 1.54) is 17.7 Å². The SMILES string of the molecule is CN(C)c1cc(-c2cccc(C(=O)NC(C)(C)c3nnc(N)s3)c2)ncn1. The van der Waals surface area contributed by atoms with Crippen molar-refractivity contribution in [2.45, 2.75) is 19.4 Å². The Hall–Kier alpha value is -3.07. The monoisotopic (exact) mass is 383 g/mol. The summed E-state index contributed by atoms with van der Waals surface area (Å²) in [4.78, 5) is 23.2. The summed E-state index contributed by atoms with van der Waals surface area (Å²) in [6.45, 7) is 3.73. The van der Waals surface area contributed by atoms with Gasteiger partial charge in [0.05, 0.1) is 11.2 Å². The van der Waals surface area contributed by atoms with Crippen LogP contribution in [0, 0.1) is 0 Å². The van der Waals surface area contributed by atoms with E-state index in [-0.39, 0.29) is 5.91 Å². The topological polar surface area (TPSA) is 110 Å². The fourth-order valence-electron chi connectivity index (χ4n) is 2.47. The minimum Gasteiger partial charge on any atom is -0.374 e. The van der Waals surface area contributed by atoms with E-state index in [1.807, 2.05) is 57.1 Å². The summed E-state index contributed by atoms with van der Waals surface area (Å²) in [6, 6.07) is 9.19. The van der Waals surface area contributed by atoms with Crippen LogP contribution >= 0.6 is 11.3 Å². The van der Waals surface area contributed by atoms with E-state index in [9.17, 15) is 4.79 Å². The number of nitrogen functional groups attached to an aromatic ring is 1. The third-order valence-electron chi connectivity index (χ3n) is 3.93. The van der Waals surface area contributed by atoms with E-state index in [4.69, 9.17) is 5.73 Å². The van der Waals surface area contributed by atoms with Gasteiger partial charge in [0.2, 0.25) is 5.13 Å². The molecule has 0 aliphatic rings. The molecule has 27 heavy (non-hydrogen) atoms. The first kappa shape index (κ1) is 18.7. The predicted molar refractivity (Wildman–Crippen MR) is 107 cm³/mol. The number of hydrogen-bond donors (Lipinski definition) is 2. The Balaban J connectivity index is 1.85. The van der Waals surface area contributed by atoms with Crippen LogP contribution in [0.25, 0.3) is 11.3 Å². The van der Waals surface area contributed by atoms with Crippen LogP contribution in [0.5, 0.6) is 0 Å². The molecule has 0 saturated heterocycles. The van der Waals surface area contributed by atoms with Crippen molar-refractivity contribution >= 4 is 28.2 Å². The Labute approximate surface area is 161 Å². The highest BCUT2D eigenvalue weighted by atomic mass is 32.1. The molecule has 3 N–H and O–H groups in total. The van der Waals surface area contributed by atoms with Crippen LogP contribution in [0.1, 0.15) is 29.2 Å². The Morgan fingerprint density at radius 1 is 1.19 bits per heavy atom. The van der Waals surface area contributed by atoms with E-state index in [0.29, 0.717) is 15.7 Å². The van der Waals surface area contributed by atoms with Gasteiger partial charge in [-0.2, -0.15) is 0 Å². The first-order chi connectivity index (χ1) is 12.8. The maximum absolute atomic E-state index is 12.8. The van der Waals surface area contributed by atoms with Gasteiger partial charge in [0.1, 0.15) is 17.2 Å². The van der Waals surface area contributed by atoms with Gasteiger partial charge in [0.15, 0.2) is 0 Å². The smallest absolute Gasteiger partial charge is 0.252 e. The molecular weight excluding hydrogens is 362 g/mol. The van der Waals surface area contributed by atoms with Gasteiger partial charge in [-0.3, -0.25) is 4.79 Å². The van der Waals surface area contributed by atoms with Crippen molar-refractivity contribution in [3.8, 4) is 11.3 Å². The predicted octanol–water partition coefficient (Wildman–Crippen LogP) is 2.31. The molecule has 0 spiro atoms. The number of anilines is 2. The minimum absolute atomic E-state index is 0.211. The summed E-state index contributed by atoms with van der Waals surface area (Å²) >= 11 is 1.26. The molecule has 3 aromatic rings. The number of aromatic nitrogens is 4. The van der Waals surface area contributed by atoms with Gasteiger partial charge < -0.3 is 16.0 Å². The molecule has 0 aliphatic carbocycles. The first-order valence-corrected chi connectivity index (χ1v) is 9.10. The molecule has 1 aromatic carbocycles. The number of hydrogen-bond acceptors (Lipinski definition) is 8. The van der Waals surface area contributed by atoms with Gasteiger partial charge in [-0.15, -0.1) is 10.2 Å². The summed E-state index contributed by atoms with van der Waals surface area (Å²) < 4.78 is 0. The number of amides is 1. The molecule has 0 aliphatic heterocycles. The zero-order valence-corrected chi connectivity index (χ0v) is 16.4. The highest BCUT2D eigenvalue weighted by molar-refractivity contribution is 7.15. The lowest BCUT2D eigenvalue weighted by Crippen LogP contribution is -2.41. The molecule has 0 fully saturated rings. The van der Waals surface area contributed by atoms with Crippen molar-refractivity contribution in [2.24, 2.45) is 0 Å². The van der Waals surface area contributed by atoms with Crippen LogP contribution in [-0.4, -0.2) is 40.2 Å². The van der Waals surface area contributed by atoms with E-state index >= 15 is 0 Å². The summed E-state index contributed by atoms with van der Waals surface area (Å²) in [5, 5.41) is 11.9. The van der Waals surface area contributed by atoms with E-state index < -0.39 is 5.54 Å². The second kappa shape index (κ2) is 7.28. The zero-order chi connectivity index (χ0) is 19.6. The first-order valence-electron chi connectivity index (χ1n) is 8.28. The standard InChI is InChI=1S/C18H21N7OS/c1-18(2,16-23-24-17(19)27-16)22-15(26)12-7-5-6-11(8-12)13-9-14(25(3)4)21-10-20-13/h5-10H,1-4H3,(H2,19,24)(H,22,26). The molecular formula is C18H21N7OS. The molecule has 2 aromatic heterocycles. The summed E-state index contributed by atoms with van der Waals surface area (Å²) in [7, 11) is 3.83. The second-order valence-electron chi connectivity index (χ2n) is 6.76. The van der Waals surface area contributed by atoms with Gasteiger partial charge in [-0.25, -0.2) is 9.97 Å². The van der Waals surface area contributed by atoms with E-state index in [0.717, 1.165) is 17.1 Å². The van der Waals surface area contributed by atoms with Gasteiger partial charge in [-0.05, 0) is 26.0 Å². The Morgan fingerprint density at radius 2 is 1.96 bits per heavy atom. The number of rotatable bonds is 5. The molecule has 0 bridgehead atoms. The summed E-state index contributed by atoms with van der Waals surface area (Å²) in [6.07, 6.45) is 1.51. The summed E-state index contributed by atoms with van der Waals surface area (Å²) in [5.41, 5.74) is 7.09. The van der Waals surface area contributed by atoms with Crippen LogP contribution in [0.4, 0.5) is 10.9 Å². The van der Waals surface area contributed by atoms with Crippen LogP contribution in [0.3, 0.4) is 0 Å². The maximum atomic E-state index is 12.8. The maximum Gasteiger partial charge on any atom is 0.252 e. The fraction of sp³-hybridized carbons (Fsp3) is 0.278. The number of carbonyl (C=O) groups is 1. The van der Waals surface area contributed by atoms with Gasteiger partial charge in [0, 0.05) is 31.3 Å². The third kappa shape index (κ3) is 4.20. The highest BCUT2D eigenvalue weighted by Gasteiger charge is 2.27. The summed E-state index contributed by atoms with van der Waals surface area (Å²) in [5.74, 6) is 0.586. The van der Waals surface area contributed by atoms with Crippen molar-refractivity contribution in [2.75, 3.05) is 24.7 Å². The molecule has 2 heterocycles. The molecule has 0 unspecified atom stereocenters. The van der Waals surface area contributed by atoms with Crippen molar-refractivity contribution in [1.29, 1.82) is 0 Å². The van der Waals surface area contributed by atoms with Gasteiger partial charge in [0.25, 0.3) is 5.91 Å². The molecule has 1 amide bonds. The second-order valence-corrected chi connectivity index (χ2v) is 7.77. The zero-order valence-electron chi connectivity index (χ0n) is 15.6. The van der Waals surface area contributed by atoms with Gasteiger partial charge >= 0.3 is 0 Å². The lowest BCUT2D eigenvalue weighted by molar-refractivity contribution is 0.0911. The fourth-order valence-corrected chi connectivity index (χ4v) is 3.13. The van der Waals surface area contributed by atoms with Crippen LogP contribution in [-0.2, 0) is 5.54 Å². The Kier molecular flexibility index (Phi) is 5.04. The molecule has 0 radical (unpaired) electrons. The number of nitrogens with one attached hydrogen (secondary N) is 1. The number of nitrogens with zero attached hydrogens (tertiary/aromatic N) is 5. The van der Waals surface area contributed by atoms with Crippen molar-refractivity contribution in [3.63, 3.8) is 0 Å². The van der Waals surface area contributed by atoms with E-state index in [1.54, 1.807) is 6.07 Å². The van der Waals surface area contributed by atoms with Crippen LogP contribution in [0.2, 0.25) is 0 Å². The van der Waals surface area contributed by atoms with Gasteiger partial charge in [-0.1, -0.05) is 23.5 Å². The normalized spacial score (nSPS) is 11.3. The molecule has 3 rings (SSSR count). The molecule has 8 nitrogen and oxygen atoms in total.